The van der Waals surface area contributed by atoms with Crippen molar-refractivity contribution in [3.8, 4) is 22.8 Å². The molecular formula is C22H22N6O3. The van der Waals surface area contributed by atoms with Crippen molar-refractivity contribution in [3.63, 3.8) is 0 Å². The number of hydrogen-bond donors (Lipinski definition) is 2. The van der Waals surface area contributed by atoms with Crippen molar-refractivity contribution in [1.29, 1.82) is 0 Å². The van der Waals surface area contributed by atoms with Crippen LogP contribution in [0.2, 0.25) is 0 Å². The minimum Gasteiger partial charge on any atom is -0.437 e. The van der Waals surface area contributed by atoms with E-state index in [4.69, 9.17) is 9.47 Å². The molecule has 1 aromatic carbocycles. The number of fused-ring (bicyclic) bond motifs is 1. The van der Waals surface area contributed by atoms with Crippen molar-refractivity contribution in [1.82, 2.24) is 24.7 Å². The molecule has 0 saturated carbocycles. The molecule has 31 heavy (non-hydrogen) atoms. The van der Waals surface area contributed by atoms with Crippen LogP contribution in [0.1, 0.15) is 6.42 Å². The molecule has 0 aliphatic rings. The van der Waals surface area contributed by atoms with Crippen LogP contribution < -0.4 is 10.1 Å². The molecule has 2 N–H and O–H groups in total. The van der Waals surface area contributed by atoms with Crippen LogP contribution in [0.3, 0.4) is 0 Å². The molecule has 3 heterocycles. The van der Waals surface area contributed by atoms with Gasteiger partial charge in [0.05, 0.1) is 12.4 Å². The molecule has 4 rings (SSSR count). The van der Waals surface area contributed by atoms with Crippen molar-refractivity contribution in [2.24, 2.45) is 0 Å². The molecule has 158 valence electrons. The number of nitrogens with zero attached hydrogens (tertiary/aromatic N) is 4. The lowest BCUT2D eigenvalue weighted by atomic mass is 10.2. The van der Waals surface area contributed by atoms with Crippen molar-refractivity contribution in [2.45, 2.75) is 13.0 Å². The maximum atomic E-state index is 11.5. The number of carbonyl (C=O) groups excluding carboxylic acids is 1. The number of nitrogens with one attached hydrogen (secondary N) is 2. The van der Waals surface area contributed by atoms with E-state index < -0.39 is 0 Å². The van der Waals surface area contributed by atoms with Gasteiger partial charge in [-0.05, 0) is 24.6 Å². The Morgan fingerprint density at radius 1 is 1.35 bits per heavy atom. The second kappa shape index (κ2) is 9.23. The molecule has 4 aromatic rings. The number of H-pyrrole nitrogens is 1. The summed E-state index contributed by atoms with van der Waals surface area (Å²) in [7, 11) is 1.69. The molecule has 0 radical (unpaired) electrons. The van der Waals surface area contributed by atoms with Crippen molar-refractivity contribution >= 4 is 22.8 Å². The van der Waals surface area contributed by atoms with E-state index >= 15 is 0 Å². The predicted octanol–water partition coefficient (Wildman–Crippen LogP) is 3.77. The average molecular weight is 418 g/mol. The SMILES string of the molecule is C=CC(=O)Nc1cccc(Oc2cnc3[nH]cc(-c4cnn(CCCOC)c4)c3n2)c1. The Hall–Kier alpha value is -3.98. The Morgan fingerprint density at radius 3 is 3.10 bits per heavy atom. The van der Waals surface area contributed by atoms with Gasteiger partial charge in [-0.2, -0.15) is 5.10 Å². The van der Waals surface area contributed by atoms with Crippen molar-refractivity contribution < 1.29 is 14.3 Å². The van der Waals surface area contributed by atoms with E-state index in [1.807, 2.05) is 17.1 Å². The lowest BCUT2D eigenvalue weighted by Gasteiger charge is -2.07. The van der Waals surface area contributed by atoms with Crippen LogP contribution in [0.4, 0.5) is 5.69 Å². The molecule has 0 aliphatic heterocycles. The van der Waals surface area contributed by atoms with Crippen LogP contribution in [0.25, 0.3) is 22.3 Å². The van der Waals surface area contributed by atoms with E-state index in [0.717, 1.165) is 24.1 Å². The quantitative estimate of drug-likeness (QED) is 0.316. The molecule has 3 aromatic heterocycles. The van der Waals surface area contributed by atoms with E-state index in [9.17, 15) is 4.79 Å². The smallest absolute Gasteiger partial charge is 0.247 e. The highest BCUT2D eigenvalue weighted by Crippen LogP contribution is 2.29. The molecule has 0 aliphatic carbocycles. The number of rotatable bonds is 9. The lowest BCUT2D eigenvalue weighted by molar-refractivity contribution is -0.111. The number of benzene rings is 1. The normalized spacial score (nSPS) is 10.9. The van der Waals surface area contributed by atoms with Gasteiger partial charge in [-0.25, -0.2) is 9.97 Å². The van der Waals surface area contributed by atoms with Crippen LogP contribution >= 0.6 is 0 Å². The number of carbonyl (C=O) groups is 1. The standard InChI is InChI=1S/C22H22N6O3/c1-3-19(29)26-16-6-4-7-17(10-16)31-20-13-24-22-21(27-20)18(12-23-22)15-11-25-28(14-15)8-5-9-30-2/h3-4,6-7,10-14H,1,5,8-9H2,2H3,(H,23,24)(H,26,29). The zero-order valence-electron chi connectivity index (χ0n) is 17.0. The molecule has 0 unspecified atom stereocenters. The number of aryl methyl sites for hydroxylation is 1. The fraction of sp³-hybridized carbons (Fsp3) is 0.182. The van der Waals surface area contributed by atoms with E-state index in [1.165, 1.54) is 6.08 Å². The summed E-state index contributed by atoms with van der Waals surface area (Å²) in [5.74, 6) is 0.574. The van der Waals surface area contributed by atoms with Crippen molar-refractivity contribution in [3.05, 3.63) is 61.7 Å². The summed E-state index contributed by atoms with van der Waals surface area (Å²) in [6.07, 6.45) is 9.27. The third-order valence-corrected chi connectivity index (χ3v) is 4.55. The van der Waals surface area contributed by atoms with E-state index in [0.29, 0.717) is 35.1 Å². The Labute approximate surface area is 178 Å². The topological polar surface area (TPSA) is 107 Å². The summed E-state index contributed by atoms with van der Waals surface area (Å²) in [6.45, 7) is 4.91. The number of aromatic nitrogens is 5. The number of aromatic amines is 1. The average Bonchev–Trinajstić information content (AvgIpc) is 3.40. The van der Waals surface area contributed by atoms with Gasteiger partial charge in [0.25, 0.3) is 0 Å². The summed E-state index contributed by atoms with van der Waals surface area (Å²) in [5, 5.41) is 7.11. The van der Waals surface area contributed by atoms with Gasteiger partial charge in [-0.3, -0.25) is 9.48 Å². The highest BCUT2D eigenvalue weighted by Gasteiger charge is 2.13. The minimum atomic E-state index is -0.293. The first-order chi connectivity index (χ1) is 15.2. The molecule has 0 fully saturated rings. The van der Waals surface area contributed by atoms with Crippen LogP contribution in [0, 0.1) is 0 Å². The van der Waals surface area contributed by atoms with E-state index in [2.05, 4.69) is 31.9 Å². The van der Waals surface area contributed by atoms with Crippen LogP contribution in [-0.2, 0) is 16.1 Å². The van der Waals surface area contributed by atoms with Gasteiger partial charge < -0.3 is 19.8 Å². The first kappa shape index (κ1) is 20.3. The van der Waals surface area contributed by atoms with Crippen molar-refractivity contribution in [2.75, 3.05) is 19.0 Å². The number of hydrogen-bond acceptors (Lipinski definition) is 6. The zero-order chi connectivity index (χ0) is 21.6. The maximum absolute atomic E-state index is 11.5. The number of methoxy groups -OCH3 is 1. The third-order valence-electron chi connectivity index (χ3n) is 4.55. The molecule has 0 bridgehead atoms. The monoisotopic (exact) mass is 418 g/mol. The third kappa shape index (κ3) is 4.78. The Balaban J connectivity index is 1.56. The summed E-state index contributed by atoms with van der Waals surface area (Å²) < 4.78 is 12.8. The number of ether oxygens (including phenoxy) is 2. The molecule has 0 atom stereocenters. The summed E-state index contributed by atoms with van der Waals surface area (Å²) in [4.78, 5) is 23.7. The highest BCUT2D eigenvalue weighted by molar-refractivity contribution is 5.99. The van der Waals surface area contributed by atoms with Gasteiger partial charge in [-0.1, -0.05) is 12.6 Å². The van der Waals surface area contributed by atoms with E-state index in [1.54, 1.807) is 43.8 Å². The maximum Gasteiger partial charge on any atom is 0.247 e. The second-order valence-corrected chi connectivity index (χ2v) is 6.77. The Bertz CT molecular complexity index is 1210. The van der Waals surface area contributed by atoms with Gasteiger partial charge in [0.15, 0.2) is 5.65 Å². The van der Waals surface area contributed by atoms with Gasteiger partial charge in [0.1, 0.15) is 11.3 Å². The predicted molar refractivity (Wildman–Crippen MR) is 117 cm³/mol. The number of amides is 1. The fourth-order valence-corrected chi connectivity index (χ4v) is 3.09. The van der Waals surface area contributed by atoms with Gasteiger partial charge in [0.2, 0.25) is 11.8 Å². The highest BCUT2D eigenvalue weighted by atomic mass is 16.5. The molecular weight excluding hydrogens is 396 g/mol. The largest absolute Gasteiger partial charge is 0.437 e. The molecule has 9 nitrogen and oxygen atoms in total. The summed E-state index contributed by atoms with van der Waals surface area (Å²) in [6, 6.07) is 7.02. The minimum absolute atomic E-state index is 0.293. The van der Waals surface area contributed by atoms with E-state index in [-0.39, 0.29) is 5.91 Å². The Kier molecular flexibility index (Phi) is 6.04. The first-order valence-corrected chi connectivity index (χ1v) is 9.73. The number of anilines is 1. The van der Waals surface area contributed by atoms with Gasteiger partial charge in [-0.15, -0.1) is 0 Å². The van der Waals surface area contributed by atoms with Crippen LogP contribution in [-0.4, -0.2) is 44.4 Å². The second-order valence-electron chi connectivity index (χ2n) is 6.77. The van der Waals surface area contributed by atoms with Gasteiger partial charge >= 0.3 is 0 Å². The molecule has 9 heteroatoms. The van der Waals surface area contributed by atoms with Gasteiger partial charge in [0, 0.05) is 55.5 Å². The van der Waals surface area contributed by atoms with Crippen LogP contribution in [0.15, 0.2) is 61.7 Å². The summed E-state index contributed by atoms with van der Waals surface area (Å²) in [5.41, 5.74) is 3.76. The fourth-order valence-electron chi connectivity index (χ4n) is 3.09. The zero-order valence-corrected chi connectivity index (χ0v) is 17.0. The summed E-state index contributed by atoms with van der Waals surface area (Å²) >= 11 is 0. The lowest BCUT2D eigenvalue weighted by Crippen LogP contribution is -2.07. The first-order valence-electron chi connectivity index (χ1n) is 9.73. The Morgan fingerprint density at radius 2 is 2.26 bits per heavy atom. The van der Waals surface area contributed by atoms with Crippen LogP contribution in [0.5, 0.6) is 11.6 Å². The molecule has 0 spiro atoms. The molecule has 1 amide bonds. The molecule has 0 saturated heterocycles.